The number of nitrogen functional groups attached to an aromatic ring is 1. The Kier molecular flexibility index (Phi) is 4.05. The lowest BCUT2D eigenvalue weighted by Gasteiger charge is -2.04. The number of anilines is 2. The second-order valence-corrected chi connectivity index (χ2v) is 2.72. The molecule has 1 rings (SSSR count). The van der Waals surface area contributed by atoms with E-state index in [-0.39, 0.29) is 0 Å². The first-order valence-electron chi connectivity index (χ1n) is 4.28. The van der Waals surface area contributed by atoms with Gasteiger partial charge in [-0.2, -0.15) is 0 Å². The number of nitrogens with zero attached hydrogens (tertiary/aromatic N) is 1. The van der Waals surface area contributed by atoms with Crippen LogP contribution in [0.4, 0.5) is 11.6 Å². The maximum absolute atomic E-state index is 5.51. The molecule has 0 saturated carbocycles. The molecule has 0 spiro atoms. The molecular formula is C9H15N3O. The normalized spacial score (nSPS) is 9.92. The summed E-state index contributed by atoms with van der Waals surface area (Å²) in [6.45, 7) is 1.61. The predicted octanol–water partition coefficient (Wildman–Crippen LogP) is 1.11. The van der Waals surface area contributed by atoms with Gasteiger partial charge in [0.15, 0.2) is 0 Å². The summed E-state index contributed by atoms with van der Waals surface area (Å²) in [5.41, 5.74) is 5.51. The van der Waals surface area contributed by atoms with Crippen molar-refractivity contribution in [2.24, 2.45) is 0 Å². The van der Waals surface area contributed by atoms with E-state index < -0.39 is 0 Å². The van der Waals surface area contributed by atoms with Crippen molar-refractivity contribution in [3.05, 3.63) is 18.2 Å². The molecule has 0 radical (unpaired) electrons. The molecule has 1 heterocycles. The van der Waals surface area contributed by atoms with Gasteiger partial charge in [-0.3, -0.25) is 0 Å². The average molecular weight is 181 g/mol. The number of hydrogen-bond donors (Lipinski definition) is 2. The van der Waals surface area contributed by atoms with Crippen molar-refractivity contribution >= 4 is 11.6 Å². The Morgan fingerprint density at radius 3 is 3.08 bits per heavy atom. The van der Waals surface area contributed by atoms with Crippen LogP contribution in [0, 0.1) is 0 Å². The van der Waals surface area contributed by atoms with Crippen molar-refractivity contribution in [2.75, 3.05) is 31.3 Å². The van der Waals surface area contributed by atoms with Crippen LogP contribution >= 0.6 is 0 Å². The zero-order valence-corrected chi connectivity index (χ0v) is 7.79. The van der Waals surface area contributed by atoms with E-state index in [1.54, 1.807) is 13.2 Å². The van der Waals surface area contributed by atoms with E-state index in [2.05, 4.69) is 10.3 Å². The van der Waals surface area contributed by atoms with Gasteiger partial charge in [-0.15, -0.1) is 0 Å². The average Bonchev–Trinajstić information content (AvgIpc) is 2.13. The third-order valence-electron chi connectivity index (χ3n) is 1.60. The van der Waals surface area contributed by atoms with Crippen molar-refractivity contribution < 1.29 is 4.74 Å². The summed E-state index contributed by atoms with van der Waals surface area (Å²) in [5, 5.41) is 3.15. The Bertz CT molecular complexity index is 252. The zero-order valence-electron chi connectivity index (χ0n) is 7.79. The molecule has 0 bridgehead atoms. The maximum atomic E-state index is 5.51. The molecule has 4 nitrogen and oxygen atoms in total. The fraction of sp³-hybridized carbons (Fsp3) is 0.444. The molecule has 0 unspecified atom stereocenters. The van der Waals surface area contributed by atoms with Crippen LogP contribution in [0.3, 0.4) is 0 Å². The standard InChI is InChI=1S/C9H15N3O/c1-13-7-3-6-11-9-5-2-4-8(10)12-9/h2,4-5H,3,6-7H2,1H3,(H3,10,11,12). The molecule has 4 heteroatoms. The van der Waals surface area contributed by atoms with Gasteiger partial charge in [0.25, 0.3) is 0 Å². The lowest BCUT2D eigenvalue weighted by Crippen LogP contribution is -2.06. The summed E-state index contributed by atoms with van der Waals surface area (Å²) < 4.78 is 4.92. The molecule has 13 heavy (non-hydrogen) atoms. The predicted molar refractivity (Wildman–Crippen MR) is 53.6 cm³/mol. The monoisotopic (exact) mass is 181 g/mol. The molecule has 0 fully saturated rings. The van der Waals surface area contributed by atoms with Crippen LogP contribution < -0.4 is 11.1 Å². The van der Waals surface area contributed by atoms with Gasteiger partial charge in [-0.25, -0.2) is 4.98 Å². The number of nitrogens with one attached hydrogen (secondary N) is 1. The maximum Gasteiger partial charge on any atom is 0.128 e. The van der Waals surface area contributed by atoms with Crippen LogP contribution in [0.25, 0.3) is 0 Å². The Balaban J connectivity index is 2.28. The Hall–Kier alpha value is -1.29. The van der Waals surface area contributed by atoms with Crippen LogP contribution in [0.15, 0.2) is 18.2 Å². The van der Waals surface area contributed by atoms with Crippen molar-refractivity contribution in [2.45, 2.75) is 6.42 Å². The molecule has 0 amide bonds. The van der Waals surface area contributed by atoms with Crippen LogP contribution in [0.1, 0.15) is 6.42 Å². The van der Waals surface area contributed by atoms with Gasteiger partial charge >= 0.3 is 0 Å². The number of ether oxygens (including phenoxy) is 1. The highest BCUT2D eigenvalue weighted by Crippen LogP contribution is 2.05. The van der Waals surface area contributed by atoms with Gasteiger partial charge in [0.2, 0.25) is 0 Å². The minimum absolute atomic E-state index is 0.539. The van der Waals surface area contributed by atoms with Crippen molar-refractivity contribution in [3.63, 3.8) is 0 Å². The smallest absolute Gasteiger partial charge is 0.128 e. The molecule has 1 aromatic rings. The highest BCUT2D eigenvalue weighted by molar-refractivity contribution is 5.41. The zero-order chi connectivity index (χ0) is 9.52. The highest BCUT2D eigenvalue weighted by Gasteiger charge is 1.92. The van der Waals surface area contributed by atoms with Gasteiger partial charge in [-0.1, -0.05) is 6.07 Å². The largest absolute Gasteiger partial charge is 0.385 e. The molecule has 3 N–H and O–H groups in total. The summed E-state index contributed by atoms with van der Waals surface area (Å²) in [6.07, 6.45) is 0.965. The second kappa shape index (κ2) is 5.37. The first-order valence-corrected chi connectivity index (χ1v) is 4.28. The molecule has 0 aliphatic heterocycles. The van der Waals surface area contributed by atoms with E-state index in [4.69, 9.17) is 10.5 Å². The summed E-state index contributed by atoms with van der Waals surface area (Å²) >= 11 is 0. The minimum Gasteiger partial charge on any atom is -0.385 e. The molecule has 1 aromatic heterocycles. The number of rotatable bonds is 5. The Morgan fingerprint density at radius 1 is 1.54 bits per heavy atom. The summed E-state index contributed by atoms with van der Waals surface area (Å²) in [4.78, 5) is 4.10. The van der Waals surface area contributed by atoms with E-state index in [1.165, 1.54) is 0 Å². The number of pyridine rings is 1. The minimum atomic E-state index is 0.539. The number of methoxy groups -OCH3 is 1. The quantitative estimate of drug-likeness (QED) is 0.668. The number of nitrogens with two attached hydrogens (primary N) is 1. The van der Waals surface area contributed by atoms with E-state index >= 15 is 0 Å². The number of hydrogen-bond acceptors (Lipinski definition) is 4. The highest BCUT2D eigenvalue weighted by atomic mass is 16.5. The van der Waals surface area contributed by atoms with Crippen molar-refractivity contribution in [3.8, 4) is 0 Å². The lowest BCUT2D eigenvalue weighted by molar-refractivity contribution is 0.198. The van der Waals surface area contributed by atoms with E-state index in [0.717, 1.165) is 25.4 Å². The van der Waals surface area contributed by atoms with Gasteiger partial charge in [0.1, 0.15) is 11.6 Å². The summed E-state index contributed by atoms with van der Waals surface area (Å²) in [6, 6.07) is 5.53. The van der Waals surface area contributed by atoms with Gasteiger partial charge in [0, 0.05) is 20.3 Å². The summed E-state index contributed by atoms with van der Waals surface area (Å²) in [5.74, 6) is 1.35. The van der Waals surface area contributed by atoms with Gasteiger partial charge < -0.3 is 15.8 Å². The van der Waals surface area contributed by atoms with Crippen molar-refractivity contribution in [1.82, 2.24) is 4.98 Å². The van der Waals surface area contributed by atoms with E-state index in [0.29, 0.717) is 5.82 Å². The van der Waals surface area contributed by atoms with E-state index in [9.17, 15) is 0 Å². The molecule has 0 atom stereocenters. The van der Waals surface area contributed by atoms with Crippen molar-refractivity contribution in [1.29, 1.82) is 0 Å². The van der Waals surface area contributed by atoms with Crippen LogP contribution in [0.5, 0.6) is 0 Å². The third-order valence-corrected chi connectivity index (χ3v) is 1.60. The topological polar surface area (TPSA) is 60.2 Å². The lowest BCUT2D eigenvalue weighted by atomic mass is 10.4. The molecule has 72 valence electrons. The van der Waals surface area contributed by atoms with Crippen LogP contribution in [-0.2, 0) is 4.74 Å². The van der Waals surface area contributed by atoms with Crippen LogP contribution in [-0.4, -0.2) is 25.2 Å². The Morgan fingerprint density at radius 2 is 2.38 bits per heavy atom. The molecular weight excluding hydrogens is 166 g/mol. The molecule has 0 aromatic carbocycles. The second-order valence-electron chi connectivity index (χ2n) is 2.72. The van der Waals surface area contributed by atoms with Gasteiger partial charge in [0.05, 0.1) is 0 Å². The Labute approximate surface area is 78.1 Å². The molecule has 0 aliphatic carbocycles. The van der Waals surface area contributed by atoms with E-state index in [1.807, 2.05) is 12.1 Å². The third kappa shape index (κ3) is 3.75. The summed E-state index contributed by atoms with van der Waals surface area (Å²) in [7, 11) is 1.69. The van der Waals surface area contributed by atoms with Gasteiger partial charge in [-0.05, 0) is 18.6 Å². The SMILES string of the molecule is COCCCNc1cccc(N)n1. The first kappa shape index (κ1) is 9.80. The van der Waals surface area contributed by atoms with Crippen LogP contribution in [0.2, 0.25) is 0 Å². The number of aromatic nitrogens is 1. The molecule has 0 aliphatic rings. The molecule has 0 saturated heterocycles. The fourth-order valence-corrected chi connectivity index (χ4v) is 0.983. The first-order chi connectivity index (χ1) is 6.33. The fourth-order valence-electron chi connectivity index (χ4n) is 0.983.